The van der Waals surface area contributed by atoms with Gasteiger partial charge in [0.1, 0.15) is 5.75 Å². The number of hydrogen-bond acceptors (Lipinski definition) is 3. The number of nitrogens with one attached hydrogen (secondary N) is 1. The lowest BCUT2D eigenvalue weighted by Gasteiger charge is -2.43. The molecule has 2 aromatic carbocycles. The molecule has 1 fully saturated rings. The van der Waals surface area contributed by atoms with Crippen molar-refractivity contribution >= 4 is 10.8 Å². The zero-order valence-electron chi connectivity index (χ0n) is 12.2. The summed E-state index contributed by atoms with van der Waals surface area (Å²) >= 11 is 0. The molecule has 2 aromatic rings. The highest BCUT2D eigenvalue weighted by Gasteiger charge is 2.30. The first-order valence-electron chi connectivity index (χ1n) is 7.23. The number of piperazine rings is 1. The summed E-state index contributed by atoms with van der Waals surface area (Å²) in [5.74, 6) is 0.401. The maximum atomic E-state index is 10.3. The molecule has 0 radical (unpaired) electrons. The maximum absolute atomic E-state index is 10.3. The maximum Gasteiger partial charge on any atom is 0.120 e. The van der Waals surface area contributed by atoms with Gasteiger partial charge in [0.15, 0.2) is 0 Å². The number of aromatic hydroxyl groups is 1. The molecule has 0 atom stereocenters. The van der Waals surface area contributed by atoms with Gasteiger partial charge >= 0.3 is 0 Å². The molecule has 0 aromatic heterocycles. The lowest BCUT2D eigenvalue weighted by molar-refractivity contribution is 0.0824. The third kappa shape index (κ3) is 2.39. The van der Waals surface area contributed by atoms with Crippen molar-refractivity contribution in [1.82, 2.24) is 10.2 Å². The number of fused-ring (bicyclic) bond motifs is 1. The van der Waals surface area contributed by atoms with E-state index in [1.54, 1.807) is 0 Å². The highest BCUT2D eigenvalue weighted by molar-refractivity contribution is 5.87. The molecule has 3 rings (SSSR count). The normalized spacial score (nSPS) is 19.3. The number of benzene rings is 2. The fraction of sp³-hybridized carbons (Fsp3) is 0.412. The summed E-state index contributed by atoms with van der Waals surface area (Å²) in [4.78, 5) is 2.45. The Morgan fingerprint density at radius 3 is 2.80 bits per heavy atom. The predicted octanol–water partition coefficient (Wildman–Crippen LogP) is 2.73. The molecule has 0 unspecified atom stereocenters. The van der Waals surface area contributed by atoms with Crippen molar-refractivity contribution in [3.8, 4) is 5.75 Å². The van der Waals surface area contributed by atoms with E-state index in [4.69, 9.17) is 0 Å². The second-order valence-corrected chi connectivity index (χ2v) is 6.20. The minimum absolute atomic E-state index is 0.113. The molecule has 1 aliphatic heterocycles. The van der Waals surface area contributed by atoms with Gasteiger partial charge in [0.05, 0.1) is 0 Å². The molecule has 106 valence electrons. The molecule has 3 nitrogen and oxygen atoms in total. The van der Waals surface area contributed by atoms with Crippen molar-refractivity contribution in [2.45, 2.75) is 25.9 Å². The van der Waals surface area contributed by atoms with E-state index in [0.29, 0.717) is 5.75 Å². The van der Waals surface area contributed by atoms with Crippen LogP contribution in [0.25, 0.3) is 10.8 Å². The van der Waals surface area contributed by atoms with Crippen LogP contribution in [0.15, 0.2) is 36.4 Å². The second kappa shape index (κ2) is 5.08. The molecule has 20 heavy (non-hydrogen) atoms. The van der Waals surface area contributed by atoms with E-state index >= 15 is 0 Å². The molecule has 1 saturated heterocycles. The van der Waals surface area contributed by atoms with E-state index < -0.39 is 0 Å². The first kappa shape index (κ1) is 13.4. The third-order valence-corrected chi connectivity index (χ3v) is 4.34. The molecule has 0 aliphatic carbocycles. The average Bonchev–Trinajstić information content (AvgIpc) is 2.43. The van der Waals surface area contributed by atoms with Gasteiger partial charge in [0, 0.05) is 37.3 Å². The first-order chi connectivity index (χ1) is 9.58. The molecule has 0 bridgehead atoms. The van der Waals surface area contributed by atoms with Gasteiger partial charge in [-0.3, -0.25) is 4.90 Å². The number of hydrogen-bond donors (Lipinski definition) is 2. The van der Waals surface area contributed by atoms with Crippen molar-refractivity contribution < 1.29 is 5.11 Å². The van der Waals surface area contributed by atoms with Crippen LogP contribution in [-0.2, 0) is 6.54 Å². The summed E-state index contributed by atoms with van der Waals surface area (Å²) in [6, 6.07) is 12.1. The minimum Gasteiger partial charge on any atom is -0.508 e. The third-order valence-electron chi connectivity index (χ3n) is 4.34. The number of phenols is 1. The Kier molecular flexibility index (Phi) is 3.40. The fourth-order valence-electron chi connectivity index (χ4n) is 3.00. The highest BCUT2D eigenvalue weighted by atomic mass is 16.3. The van der Waals surface area contributed by atoms with Crippen LogP contribution in [0.4, 0.5) is 0 Å². The zero-order chi connectivity index (χ0) is 14.2. The van der Waals surface area contributed by atoms with E-state index in [2.05, 4.69) is 36.2 Å². The summed E-state index contributed by atoms with van der Waals surface area (Å²) < 4.78 is 0. The summed E-state index contributed by atoms with van der Waals surface area (Å²) in [7, 11) is 0. The summed E-state index contributed by atoms with van der Waals surface area (Å²) in [5, 5.41) is 16.0. The van der Waals surface area contributed by atoms with Crippen LogP contribution < -0.4 is 5.32 Å². The van der Waals surface area contributed by atoms with Gasteiger partial charge in [-0.2, -0.15) is 0 Å². The standard InChI is InChI=1S/C17H22N2O/c1-17(2)12-18-9-10-19(17)11-15-14-6-4-3-5-13(14)7-8-16(15)20/h3-8,18,20H,9-12H2,1-2H3. The van der Waals surface area contributed by atoms with Crippen LogP contribution in [0.5, 0.6) is 5.75 Å². The Bertz CT molecular complexity index is 621. The molecule has 0 amide bonds. The Balaban J connectivity index is 2.00. The molecule has 0 spiro atoms. The summed E-state index contributed by atoms with van der Waals surface area (Å²) in [6.45, 7) is 8.30. The van der Waals surface area contributed by atoms with E-state index in [9.17, 15) is 5.11 Å². The first-order valence-corrected chi connectivity index (χ1v) is 7.23. The van der Waals surface area contributed by atoms with Crippen LogP contribution in [0.3, 0.4) is 0 Å². The molecular weight excluding hydrogens is 248 g/mol. The minimum atomic E-state index is 0.113. The molecule has 3 heteroatoms. The topological polar surface area (TPSA) is 35.5 Å². The smallest absolute Gasteiger partial charge is 0.120 e. The van der Waals surface area contributed by atoms with Crippen LogP contribution in [0, 0.1) is 0 Å². The second-order valence-electron chi connectivity index (χ2n) is 6.20. The molecule has 2 N–H and O–H groups in total. The number of phenolic OH excluding ortho intramolecular Hbond substituents is 1. The number of rotatable bonds is 2. The van der Waals surface area contributed by atoms with Crippen molar-refractivity contribution in [3.63, 3.8) is 0 Å². The van der Waals surface area contributed by atoms with Crippen LogP contribution in [-0.4, -0.2) is 35.2 Å². The van der Waals surface area contributed by atoms with Crippen molar-refractivity contribution in [2.75, 3.05) is 19.6 Å². The average molecular weight is 270 g/mol. The van der Waals surface area contributed by atoms with E-state index in [-0.39, 0.29) is 5.54 Å². The van der Waals surface area contributed by atoms with E-state index in [1.165, 1.54) is 5.39 Å². The Hall–Kier alpha value is -1.58. The van der Waals surface area contributed by atoms with Gasteiger partial charge in [0.25, 0.3) is 0 Å². The highest BCUT2D eigenvalue weighted by Crippen LogP contribution is 2.30. The van der Waals surface area contributed by atoms with Crippen molar-refractivity contribution in [3.05, 3.63) is 42.0 Å². The van der Waals surface area contributed by atoms with Crippen molar-refractivity contribution in [2.24, 2.45) is 0 Å². The van der Waals surface area contributed by atoms with Gasteiger partial charge in [-0.1, -0.05) is 30.3 Å². The summed E-state index contributed by atoms with van der Waals surface area (Å²) in [6.07, 6.45) is 0. The monoisotopic (exact) mass is 270 g/mol. The predicted molar refractivity (Wildman–Crippen MR) is 83.0 cm³/mol. The van der Waals surface area contributed by atoms with Crippen LogP contribution >= 0.6 is 0 Å². The van der Waals surface area contributed by atoms with Crippen LogP contribution in [0.1, 0.15) is 19.4 Å². The Morgan fingerprint density at radius 1 is 1.20 bits per heavy atom. The lowest BCUT2D eigenvalue weighted by atomic mass is 9.97. The number of nitrogens with zero attached hydrogens (tertiary/aromatic N) is 1. The largest absolute Gasteiger partial charge is 0.508 e. The molecule has 0 saturated carbocycles. The van der Waals surface area contributed by atoms with Gasteiger partial charge in [-0.15, -0.1) is 0 Å². The lowest BCUT2D eigenvalue weighted by Crippen LogP contribution is -2.57. The quantitative estimate of drug-likeness (QED) is 0.881. The van der Waals surface area contributed by atoms with Gasteiger partial charge in [0.2, 0.25) is 0 Å². The summed E-state index contributed by atoms with van der Waals surface area (Å²) in [5.41, 5.74) is 1.15. The molecule has 1 aliphatic rings. The molecule has 1 heterocycles. The van der Waals surface area contributed by atoms with Gasteiger partial charge in [-0.05, 0) is 30.7 Å². The van der Waals surface area contributed by atoms with Gasteiger partial charge < -0.3 is 10.4 Å². The van der Waals surface area contributed by atoms with E-state index in [0.717, 1.165) is 37.1 Å². The SMILES string of the molecule is CC1(C)CNCCN1Cc1c(O)ccc2ccccc12. The fourth-order valence-corrected chi connectivity index (χ4v) is 3.00. The van der Waals surface area contributed by atoms with E-state index in [1.807, 2.05) is 24.3 Å². The van der Waals surface area contributed by atoms with Gasteiger partial charge in [-0.25, -0.2) is 0 Å². The Morgan fingerprint density at radius 2 is 2.00 bits per heavy atom. The Labute approximate surface area is 120 Å². The van der Waals surface area contributed by atoms with Crippen LogP contribution in [0.2, 0.25) is 0 Å². The zero-order valence-corrected chi connectivity index (χ0v) is 12.2. The molecular formula is C17H22N2O. The van der Waals surface area contributed by atoms with Crippen molar-refractivity contribution in [1.29, 1.82) is 0 Å².